The van der Waals surface area contributed by atoms with Gasteiger partial charge < -0.3 is 0 Å². The number of nitrogens with zero attached hydrogens (tertiary/aromatic N) is 1. The number of hydrogen-bond donors (Lipinski definition) is 0. The molecule has 1 rings (SSSR count). The number of carbonyl (C=O) groups is 1. The maximum atomic E-state index is 10.8. The third-order valence-electron chi connectivity index (χ3n) is 1.25. The van der Waals surface area contributed by atoms with Crippen molar-refractivity contribution in [3.63, 3.8) is 0 Å². The lowest BCUT2D eigenvalue weighted by Crippen LogP contribution is -2.08. The van der Waals surface area contributed by atoms with Gasteiger partial charge in [-0.2, -0.15) is 0 Å². The van der Waals surface area contributed by atoms with Crippen molar-refractivity contribution in [2.45, 2.75) is 6.42 Å². The minimum absolute atomic E-state index is 0.149. The van der Waals surface area contributed by atoms with E-state index in [4.69, 9.17) is 11.6 Å². The van der Waals surface area contributed by atoms with E-state index >= 15 is 0 Å². The van der Waals surface area contributed by atoms with Crippen LogP contribution < -0.4 is 0 Å². The van der Waals surface area contributed by atoms with Crippen LogP contribution in [0.5, 0.6) is 0 Å². The molecule has 11 heavy (non-hydrogen) atoms. The smallest absolute Gasteiger partial charge is 0.291 e. The molecule has 0 amide bonds. The van der Waals surface area contributed by atoms with E-state index < -0.39 is 10.7 Å². The second kappa shape index (κ2) is 2.84. The zero-order valence-corrected chi connectivity index (χ0v) is 6.17. The Morgan fingerprint density at radius 2 is 2.27 bits per heavy atom. The molecule has 5 heteroatoms. The average Bonchev–Trinajstić information content (AvgIpc) is 1.94. The highest BCUT2D eigenvalue weighted by molar-refractivity contribution is 6.43. The molecule has 0 saturated carbocycles. The molecule has 58 valence electrons. The Labute approximate surface area is 67.3 Å². The number of rotatable bonds is 1. The molecule has 0 spiro atoms. The van der Waals surface area contributed by atoms with E-state index in [-0.39, 0.29) is 17.2 Å². The predicted octanol–water partition coefficient (Wildman–Crippen LogP) is 1.24. The van der Waals surface area contributed by atoms with Crippen molar-refractivity contribution >= 4 is 17.4 Å². The first kappa shape index (κ1) is 7.94. The molecule has 0 saturated heterocycles. The summed E-state index contributed by atoms with van der Waals surface area (Å²) in [6.07, 6.45) is 2.81. The first-order chi connectivity index (χ1) is 5.13. The topological polar surface area (TPSA) is 60.2 Å². The Morgan fingerprint density at radius 3 is 2.73 bits per heavy atom. The molecular formula is C6H4ClNO3. The maximum absolute atomic E-state index is 10.8. The molecule has 0 bridgehead atoms. The van der Waals surface area contributed by atoms with Crippen LogP contribution in [0.15, 0.2) is 22.9 Å². The normalized spacial score (nSPS) is 17.4. The second-order valence-corrected chi connectivity index (χ2v) is 2.36. The molecule has 1 aliphatic rings. The minimum Gasteiger partial charge on any atom is -0.293 e. The Kier molecular flexibility index (Phi) is 2.05. The molecule has 0 heterocycles. The molecule has 0 N–H and O–H groups in total. The fraction of sp³-hybridized carbons (Fsp3) is 0.167. The molecule has 0 aromatic rings. The van der Waals surface area contributed by atoms with Crippen molar-refractivity contribution in [3.8, 4) is 0 Å². The number of hydrogen-bond acceptors (Lipinski definition) is 3. The maximum Gasteiger partial charge on any atom is 0.291 e. The van der Waals surface area contributed by atoms with Crippen LogP contribution in [0.25, 0.3) is 0 Å². The Hall–Kier alpha value is -1.16. The van der Waals surface area contributed by atoms with Crippen molar-refractivity contribution < 1.29 is 9.72 Å². The van der Waals surface area contributed by atoms with Crippen molar-refractivity contribution in [2.24, 2.45) is 0 Å². The van der Waals surface area contributed by atoms with Crippen molar-refractivity contribution in [3.05, 3.63) is 33.0 Å². The molecule has 1 aliphatic carbocycles. The summed E-state index contributed by atoms with van der Waals surface area (Å²) >= 11 is 5.37. The van der Waals surface area contributed by atoms with Crippen molar-refractivity contribution in [1.82, 2.24) is 0 Å². The van der Waals surface area contributed by atoms with E-state index in [0.29, 0.717) is 0 Å². The van der Waals surface area contributed by atoms with E-state index in [1.807, 2.05) is 0 Å². The molecule has 0 aromatic heterocycles. The Bertz CT molecular complexity index is 280. The summed E-state index contributed by atoms with van der Waals surface area (Å²) in [5.74, 6) is -0.402. The second-order valence-electron chi connectivity index (χ2n) is 1.99. The Balaban J connectivity index is 3.08. The molecular weight excluding hydrogens is 170 g/mol. The minimum atomic E-state index is -0.671. The van der Waals surface area contributed by atoms with Crippen LogP contribution in [-0.4, -0.2) is 10.7 Å². The molecule has 0 atom stereocenters. The summed E-state index contributed by atoms with van der Waals surface area (Å²) in [5.41, 5.74) is -0.317. The molecule has 0 aliphatic heterocycles. The third kappa shape index (κ3) is 1.46. The Morgan fingerprint density at radius 1 is 1.64 bits per heavy atom. The van der Waals surface area contributed by atoms with Crippen LogP contribution in [-0.2, 0) is 4.79 Å². The van der Waals surface area contributed by atoms with Gasteiger partial charge in [-0.3, -0.25) is 14.9 Å². The first-order valence-corrected chi connectivity index (χ1v) is 3.24. The predicted molar refractivity (Wildman–Crippen MR) is 38.6 cm³/mol. The summed E-state index contributed by atoms with van der Waals surface area (Å²) < 4.78 is 0. The van der Waals surface area contributed by atoms with Gasteiger partial charge in [0.15, 0.2) is 10.8 Å². The third-order valence-corrected chi connectivity index (χ3v) is 1.65. The highest BCUT2D eigenvalue weighted by Gasteiger charge is 2.22. The lowest BCUT2D eigenvalue weighted by Gasteiger charge is -2.00. The largest absolute Gasteiger partial charge is 0.293 e. The zero-order chi connectivity index (χ0) is 8.43. The summed E-state index contributed by atoms with van der Waals surface area (Å²) in [7, 11) is 0. The standard InChI is InChI=1S/C6H4ClNO3/c7-6-4(8(10)11)2-1-3-5(6)9/h1-2H,3H2. The molecule has 0 fully saturated rings. The molecule has 0 unspecified atom stereocenters. The van der Waals surface area contributed by atoms with Crippen LogP contribution in [0.3, 0.4) is 0 Å². The molecule has 0 radical (unpaired) electrons. The first-order valence-electron chi connectivity index (χ1n) is 2.87. The molecule has 0 aromatic carbocycles. The van der Waals surface area contributed by atoms with Crippen LogP contribution in [0.1, 0.15) is 6.42 Å². The van der Waals surface area contributed by atoms with Gasteiger partial charge in [0.25, 0.3) is 5.70 Å². The van der Waals surface area contributed by atoms with Gasteiger partial charge in [0.05, 0.1) is 4.92 Å². The summed E-state index contributed by atoms with van der Waals surface area (Å²) in [4.78, 5) is 20.3. The summed E-state index contributed by atoms with van der Waals surface area (Å²) in [5, 5.41) is 9.89. The number of ketones is 1. The van der Waals surface area contributed by atoms with Crippen molar-refractivity contribution in [1.29, 1.82) is 0 Å². The number of nitro groups is 1. The highest BCUT2D eigenvalue weighted by atomic mass is 35.5. The van der Waals surface area contributed by atoms with E-state index in [1.165, 1.54) is 12.2 Å². The van der Waals surface area contributed by atoms with E-state index in [2.05, 4.69) is 0 Å². The highest BCUT2D eigenvalue weighted by Crippen LogP contribution is 2.19. The van der Waals surface area contributed by atoms with Gasteiger partial charge in [0, 0.05) is 12.5 Å². The van der Waals surface area contributed by atoms with E-state index in [0.717, 1.165) is 0 Å². The van der Waals surface area contributed by atoms with Gasteiger partial charge in [-0.05, 0) is 0 Å². The SMILES string of the molecule is O=C1CC=CC([N+](=O)[O-])=C1Cl. The fourth-order valence-corrected chi connectivity index (χ4v) is 0.933. The van der Waals surface area contributed by atoms with Crippen LogP contribution in [0, 0.1) is 10.1 Å². The zero-order valence-electron chi connectivity index (χ0n) is 5.41. The van der Waals surface area contributed by atoms with Crippen molar-refractivity contribution in [2.75, 3.05) is 0 Å². The summed E-state index contributed by atoms with van der Waals surface area (Å²) in [6.45, 7) is 0. The average molecular weight is 174 g/mol. The quantitative estimate of drug-likeness (QED) is 0.443. The summed E-state index contributed by atoms with van der Waals surface area (Å²) in [6, 6.07) is 0. The van der Waals surface area contributed by atoms with Gasteiger partial charge in [-0.25, -0.2) is 0 Å². The van der Waals surface area contributed by atoms with Crippen LogP contribution in [0.2, 0.25) is 0 Å². The lowest BCUT2D eigenvalue weighted by molar-refractivity contribution is -0.419. The van der Waals surface area contributed by atoms with Gasteiger partial charge in [-0.15, -0.1) is 0 Å². The van der Waals surface area contributed by atoms with E-state index in [9.17, 15) is 14.9 Å². The number of carbonyl (C=O) groups excluding carboxylic acids is 1. The van der Waals surface area contributed by atoms with Crippen LogP contribution in [0.4, 0.5) is 0 Å². The fourth-order valence-electron chi connectivity index (χ4n) is 0.724. The number of allylic oxidation sites excluding steroid dienone is 3. The molecule has 4 nitrogen and oxygen atoms in total. The van der Waals surface area contributed by atoms with Gasteiger partial charge in [0.2, 0.25) is 0 Å². The monoisotopic (exact) mass is 173 g/mol. The number of halogens is 1. The van der Waals surface area contributed by atoms with Gasteiger partial charge in [0.1, 0.15) is 0 Å². The van der Waals surface area contributed by atoms with E-state index in [1.54, 1.807) is 0 Å². The number of Topliss-reactive ketones (excluding diaryl/α,β-unsaturated/α-hetero) is 1. The van der Waals surface area contributed by atoms with Gasteiger partial charge >= 0.3 is 0 Å². The van der Waals surface area contributed by atoms with Gasteiger partial charge in [-0.1, -0.05) is 17.7 Å². The lowest BCUT2D eigenvalue weighted by atomic mass is 10.1. The van der Waals surface area contributed by atoms with Crippen LogP contribution >= 0.6 is 11.6 Å².